The molecule has 1 aromatic carbocycles. The van der Waals surface area contributed by atoms with E-state index in [0.29, 0.717) is 27.7 Å². The minimum atomic E-state index is -4.99. The number of rotatable bonds is 9. The largest absolute Gasteiger partial charge is 0.601 e. The Hall–Kier alpha value is -2.14. The molecule has 0 bridgehead atoms. The third-order valence-corrected chi connectivity index (χ3v) is 6.93. The third-order valence-electron chi connectivity index (χ3n) is 4.32. The lowest BCUT2D eigenvalue weighted by molar-refractivity contribution is -0.168. The molecule has 3 aromatic rings. The van der Waals surface area contributed by atoms with Crippen LogP contribution in [0.3, 0.4) is 0 Å². The quantitative estimate of drug-likeness (QED) is 0.264. The lowest BCUT2D eigenvalue weighted by atomic mass is 10.3. The fourth-order valence-electron chi connectivity index (χ4n) is 2.86. The number of anilines is 3. The van der Waals surface area contributed by atoms with E-state index in [0.717, 1.165) is 0 Å². The van der Waals surface area contributed by atoms with Gasteiger partial charge in [0.05, 0.1) is 19.0 Å². The Bertz CT molecular complexity index is 1230. The molecular formula is C18H23ClN6O6P2. The van der Waals surface area contributed by atoms with Crippen LogP contribution in [-0.2, 0) is 9.30 Å². The molecule has 0 radical (unpaired) electrons. The fraction of sp³-hybridized carbons (Fsp3) is 0.333. The van der Waals surface area contributed by atoms with Crippen LogP contribution < -0.4 is 15.5 Å². The van der Waals surface area contributed by atoms with Crippen molar-refractivity contribution in [3.8, 4) is 0 Å². The number of aromatic nitrogens is 4. The zero-order valence-corrected chi connectivity index (χ0v) is 20.4. The highest BCUT2D eigenvalue weighted by molar-refractivity contribution is 7.82. The van der Waals surface area contributed by atoms with Crippen molar-refractivity contribution in [1.29, 1.82) is 0 Å². The third kappa shape index (κ3) is 6.47. The predicted molar refractivity (Wildman–Crippen MR) is 126 cm³/mol. The van der Waals surface area contributed by atoms with Gasteiger partial charge in [-0.05, 0) is 39.0 Å². The smallest absolute Gasteiger partial charge is 0.425 e. The first-order valence-electron chi connectivity index (χ1n) is 9.71. The van der Waals surface area contributed by atoms with Gasteiger partial charge in [0, 0.05) is 16.8 Å². The first kappa shape index (κ1) is 25.5. The second kappa shape index (κ2) is 10.4. The normalized spacial score (nSPS) is 13.8. The van der Waals surface area contributed by atoms with Crippen molar-refractivity contribution in [2.24, 2.45) is 0 Å². The van der Waals surface area contributed by atoms with E-state index in [-0.39, 0.29) is 18.6 Å². The highest BCUT2D eigenvalue weighted by Crippen LogP contribution is 2.42. The second-order valence-corrected chi connectivity index (χ2v) is 10.6. The maximum Gasteiger partial charge on any atom is 0.425 e. The Morgan fingerprint density at radius 2 is 2.06 bits per heavy atom. The molecule has 0 aliphatic heterocycles. The number of nitrogens with one attached hydrogen (secondary N) is 2. The van der Waals surface area contributed by atoms with E-state index in [2.05, 4.69) is 25.6 Å². The van der Waals surface area contributed by atoms with Gasteiger partial charge in [-0.1, -0.05) is 17.7 Å². The predicted octanol–water partition coefficient (Wildman–Crippen LogP) is 2.55. The average Bonchev–Trinajstić information content (AvgIpc) is 3.11. The van der Waals surface area contributed by atoms with Gasteiger partial charge >= 0.3 is 12.8 Å². The summed E-state index contributed by atoms with van der Waals surface area (Å²) in [6.45, 7) is 5.28. The summed E-state index contributed by atoms with van der Waals surface area (Å²) in [7, 11) is -8.31. The molecule has 33 heavy (non-hydrogen) atoms. The van der Waals surface area contributed by atoms with Gasteiger partial charge in [0.25, 0.3) is 8.00 Å². The summed E-state index contributed by atoms with van der Waals surface area (Å²) in [5, 5.41) is 5.52. The van der Waals surface area contributed by atoms with Crippen LogP contribution in [0.1, 0.15) is 26.8 Å². The van der Waals surface area contributed by atoms with E-state index in [9.17, 15) is 9.46 Å². The van der Waals surface area contributed by atoms with Crippen molar-refractivity contribution in [2.45, 2.75) is 32.9 Å². The molecule has 12 nitrogen and oxygen atoms in total. The summed E-state index contributed by atoms with van der Waals surface area (Å²) >= 11 is 6.07. The SMILES string of the molecule is CC(COC(=[P+]([O-])O)P(=O)(O)O)Nc1nc(Nc2cccc(Cl)c2)c2ncn(C(C)C)c2n1. The maximum absolute atomic E-state index is 11.3. The summed E-state index contributed by atoms with van der Waals surface area (Å²) < 4.78 is 18.1. The van der Waals surface area contributed by atoms with Gasteiger partial charge in [0.1, 0.15) is 0 Å². The molecule has 0 aliphatic carbocycles. The van der Waals surface area contributed by atoms with Crippen LogP contribution in [0.2, 0.25) is 5.02 Å². The summed E-state index contributed by atoms with van der Waals surface area (Å²) in [6.07, 6.45) is 1.66. The summed E-state index contributed by atoms with van der Waals surface area (Å²) in [5.41, 5.74) is 1.78. The van der Waals surface area contributed by atoms with Crippen molar-refractivity contribution in [3.05, 3.63) is 35.6 Å². The average molecular weight is 517 g/mol. The van der Waals surface area contributed by atoms with E-state index < -0.39 is 26.9 Å². The van der Waals surface area contributed by atoms with Crippen LogP contribution in [0.15, 0.2) is 30.6 Å². The van der Waals surface area contributed by atoms with Gasteiger partial charge in [0.2, 0.25) is 5.95 Å². The lowest BCUT2D eigenvalue weighted by Gasteiger charge is -2.16. The summed E-state index contributed by atoms with van der Waals surface area (Å²) in [5.74, 6) is 0.606. The summed E-state index contributed by atoms with van der Waals surface area (Å²) in [6, 6.07) is 6.57. The molecule has 0 spiro atoms. The van der Waals surface area contributed by atoms with Crippen LogP contribution in [-0.4, -0.2) is 52.1 Å². The van der Waals surface area contributed by atoms with Crippen molar-refractivity contribution in [1.82, 2.24) is 19.5 Å². The van der Waals surface area contributed by atoms with E-state index in [1.54, 1.807) is 31.5 Å². The Morgan fingerprint density at radius 3 is 2.67 bits per heavy atom. The number of nitrogens with zero attached hydrogens (tertiary/aromatic N) is 4. The Balaban J connectivity index is 1.90. The zero-order valence-electron chi connectivity index (χ0n) is 17.9. The standard InChI is InChI=1S/C18H23ClN6O6P2/c1-10(2)25-9-20-14-15(22-13-6-4-5-12(19)7-13)23-17(24-16(14)25)21-11(3)8-31-18(32(26)27)33(28,29)30/h4-7,9-11H,8H2,1-3H3,(H,26,27)(H2,28,29,30)(H2,21,22,23,24). The number of hydrogen-bond donors (Lipinski definition) is 5. The highest BCUT2D eigenvalue weighted by Gasteiger charge is 2.33. The van der Waals surface area contributed by atoms with Crippen molar-refractivity contribution < 1.29 is 28.9 Å². The molecule has 0 amide bonds. The van der Waals surface area contributed by atoms with E-state index in [1.165, 1.54) is 0 Å². The van der Waals surface area contributed by atoms with E-state index in [4.69, 9.17) is 31.0 Å². The molecular weight excluding hydrogens is 494 g/mol. The zero-order chi connectivity index (χ0) is 24.3. The first-order chi connectivity index (χ1) is 15.5. The first-order valence-corrected chi connectivity index (χ1v) is 12.9. The number of imidazole rings is 1. The number of hydrogen-bond acceptors (Lipinski definition) is 9. The van der Waals surface area contributed by atoms with Crippen LogP contribution in [0.25, 0.3) is 11.2 Å². The maximum atomic E-state index is 11.3. The molecule has 2 heterocycles. The number of halogens is 1. The summed E-state index contributed by atoms with van der Waals surface area (Å²) in [4.78, 5) is 52.0. The number of ether oxygens (including phenoxy) is 1. The van der Waals surface area contributed by atoms with Gasteiger partial charge in [-0.25, -0.2) is 9.55 Å². The minimum absolute atomic E-state index is 0.0683. The lowest BCUT2D eigenvalue weighted by Crippen LogP contribution is -2.25. The van der Waals surface area contributed by atoms with E-state index >= 15 is 0 Å². The molecule has 2 unspecified atom stereocenters. The topological polar surface area (TPSA) is 178 Å². The van der Waals surface area contributed by atoms with Crippen LogP contribution in [0.4, 0.5) is 17.5 Å². The van der Waals surface area contributed by atoms with Crippen molar-refractivity contribution in [2.75, 3.05) is 17.2 Å². The van der Waals surface area contributed by atoms with Crippen molar-refractivity contribution in [3.63, 3.8) is 0 Å². The molecule has 3 rings (SSSR count). The molecule has 0 saturated heterocycles. The second-order valence-electron chi connectivity index (χ2n) is 7.40. The number of benzene rings is 1. The molecule has 0 fully saturated rings. The van der Waals surface area contributed by atoms with Gasteiger partial charge < -0.3 is 34.6 Å². The molecule has 0 aliphatic rings. The Labute approximate surface area is 195 Å². The minimum Gasteiger partial charge on any atom is -0.601 e. The molecule has 5 N–H and O–H groups in total. The van der Waals surface area contributed by atoms with Gasteiger partial charge in [-0.2, -0.15) is 14.9 Å². The highest BCUT2D eigenvalue weighted by atomic mass is 35.5. The van der Waals surface area contributed by atoms with Gasteiger partial charge in [-0.3, -0.25) is 0 Å². The van der Waals surface area contributed by atoms with Crippen molar-refractivity contribution >= 4 is 61.0 Å². The van der Waals surface area contributed by atoms with Crippen LogP contribution in [0, 0.1) is 0 Å². The Morgan fingerprint density at radius 1 is 1.33 bits per heavy atom. The molecule has 15 heteroatoms. The van der Waals surface area contributed by atoms with Gasteiger partial charge in [0.15, 0.2) is 17.0 Å². The van der Waals surface area contributed by atoms with Crippen LogP contribution >= 0.6 is 27.2 Å². The molecule has 0 saturated carbocycles. The Kier molecular flexibility index (Phi) is 8.04. The molecule has 178 valence electrons. The monoisotopic (exact) mass is 516 g/mol. The van der Waals surface area contributed by atoms with Gasteiger partial charge in [-0.15, -0.1) is 0 Å². The fourth-order valence-corrected chi connectivity index (χ4v) is 4.37. The van der Waals surface area contributed by atoms with Crippen LogP contribution in [0.5, 0.6) is 0 Å². The number of fused-ring (bicyclic) bond motifs is 1. The van der Waals surface area contributed by atoms with E-state index in [1.807, 2.05) is 24.5 Å². The molecule has 2 atom stereocenters. The molecule has 2 aromatic heterocycles.